The zero-order chi connectivity index (χ0) is 12.1. The third-order valence-electron chi connectivity index (χ3n) is 2.41. The molecule has 2 heterocycles. The zero-order valence-electron chi connectivity index (χ0n) is 9.56. The second-order valence-corrected chi connectivity index (χ2v) is 5.76. The van der Waals surface area contributed by atoms with Crippen LogP contribution in [-0.4, -0.2) is 16.5 Å². The second-order valence-electron chi connectivity index (χ2n) is 3.91. The topological polar surface area (TPSA) is 37.8 Å². The van der Waals surface area contributed by atoms with Crippen LogP contribution in [-0.2, 0) is 6.54 Å². The minimum absolute atomic E-state index is 0.454. The Morgan fingerprint density at radius 3 is 3.06 bits per heavy atom. The molecule has 0 aliphatic carbocycles. The molecule has 2 aromatic heterocycles. The minimum Gasteiger partial charge on any atom is -0.312 e. The van der Waals surface area contributed by atoms with Crippen LogP contribution in [0.2, 0.25) is 0 Å². The van der Waals surface area contributed by atoms with Crippen molar-refractivity contribution < 1.29 is 0 Å². The van der Waals surface area contributed by atoms with Gasteiger partial charge in [-0.1, -0.05) is 6.92 Å². The van der Waals surface area contributed by atoms with Crippen molar-refractivity contribution >= 4 is 27.3 Å². The van der Waals surface area contributed by atoms with Crippen molar-refractivity contribution in [2.75, 3.05) is 6.54 Å². The van der Waals surface area contributed by atoms with Gasteiger partial charge in [0.1, 0.15) is 0 Å². The maximum absolute atomic E-state index is 4.31. The molecule has 0 fully saturated rings. The summed E-state index contributed by atoms with van der Waals surface area (Å²) in [5.74, 6) is 0.454. The van der Waals surface area contributed by atoms with Crippen molar-refractivity contribution in [3.63, 3.8) is 0 Å². The molecule has 2 rings (SSSR count). The molecule has 3 nitrogen and oxygen atoms in total. The van der Waals surface area contributed by atoms with Gasteiger partial charge in [0.2, 0.25) is 0 Å². The van der Waals surface area contributed by atoms with Crippen LogP contribution in [0.3, 0.4) is 0 Å². The maximum Gasteiger partial charge on any atom is 0.0965 e. The van der Waals surface area contributed by atoms with Crippen molar-refractivity contribution in [2.45, 2.75) is 19.4 Å². The molecule has 0 saturated carbocycles. The first-order chi connectivity index (χ1) is 8.25. The van der Waals surface area contributed by atoms with Gasteiger partial charge < -0.3 is 5.32 Å². The summed E-state index contributed by atoms with van der Waals surface area (Å²) in [5, 5.41) is 6.63. The van der Waals surface area contributed by atoms with E-state index < -0.39 is 0 Å². The predicted molar refractivity (Wildman–Crippen MR) is 74.2 cm³/mol. The van der Waals surface area contributed by atoms with Crippen LogP contribution in [0.4, 0.5) is 0 Å². The molecule has 0 bridgehead atoms. The highest BCUT2D eigenvalue weighted by atomic mass is 79.9. The Kier molecular flexibility index (Phi) is 4.65. The van der Waals surface area contributed by atoms with Crippen LogP contribution in [0.25, 0.3) is 0 Å². The van der Waals surface area contributed by atoms with Gasteiger partial charge in [-0.15, -0.1) is 11.3 Å². The van der Waals surface area contributed by atoms with E-state index in [1.807, 2.05) is 17.8 Å². The van der Waals surface area contributed by atoms with Crippen LogP contribution < -0.4 is 5.32 Å². The highest BCUT2D eigenvalue weighted by Gasteiger charge is 2.07. The van der Waals surface area contributed by atoms with E-state index in [9.17, 15) is 0 Å². The second kappa shape index (κ2) is 6.23. The average Bonchev–Trinajstić information content (AvgIpc) is 2.82. The summed E-state index contributed by atoms with van der Waals surface area (Å²) in [6, 6.07) is 2.08. The van der Waals surface area contributed by atoms with E-state index in [2.05, 4.69) is 44.2 Å². The lowest BCUT2D eigenvalue weighted by molar-refractivity contribution is 0.612. The third-order valence-corrected chi connectivity index (χ3v) is 3.85. The fourth-order valence-corrected chi connectivity index (χ4v) is 2.66. The summed E-state index contributed by atoms with van der Waals surface area (Å²) < 4.78 is 1.02. The van der Waals surface area contributed by atoms with Crippen molar-refractivity contribution in [2.24, 2.45) is 0 Å². The molecule has 90 valence electrons. The summed E-state index contributed by atoms with van der Waals surface area (Å²) in [6.07, 6.45) is 5.53. The fraction of sp³-hybridized carbons (Fsp3) is 0.333. The van der Waals surface area contributed by atoms with E-state index in [-0.39, 0.29) is 0 Å². The number of hydrogen-bond acceptors (Lipinski definition) is 4. The molecule has 1 unspecified atom stereocenters. The quantitative estimate of drug-likeness (QED) is 0.921. The molecule has 17 heavy (non-hydrogen) atoms. The summed E-state index contributed by atoms with van der Waals surface area (Å²) in [4.78, 5) is 8.45. The molecule has 0 radical (unpaired) electrons. The lowest BCUT2D eigenvalue weighted by Crippen LogP contribution is -2.19. The van der Waals surface area contributed by atoms with Crippen molar-refractivity contribution in [1.29, 1.82) is 0 Å². The summed E-state index contributed by atoms with van der Waals surface area (Å²) in [5.41, 5.74) is 1.19. The first-order valence-corrected chi connectivity index (χ1v) is 7.12. The maximum atomic E-state index is 4.31. The lowest BCUT2D eigenvalue weighted by Gasteiger charge is -2.09. The smallest absolute Gasteiger partial charge is 0.0965 e. The minimum atomic E-state index is 0.454. The van der Waals surface area contributed by atoms with Crippen LogP contribution in [0.15, 0.2) is 34.5 Å². The summed E-state index contributed by atoms with van der Waals surface area (Å²) in [6.45, 7) is 3.95. The Morgan fingerprint density at radius 2 is 2.35 bits per heavy atom. The summed E-state index contributed by atoms with van der Waals surface area (Å²) in [7, 11) is 0. The van der Waals surface area contributed by atoms with E-state index >= 15 is 0 Å². The molecular formula is C12H14BrN3S. The number of halogens is 1. The Morgan fingerprint density at radius 1 is 1.47 bits per heavy atom. The predicted octanol–water partition coefficient (Wildman–Crippen LogP) is 3.19. The molecule has 0 spiro atoms. The van der Waals surface area contributed by atoms with Crippen molar-refractivity contribution in [3.8, 4) is 0 Å². The largest absolute Gasteiger partial charge is 0.312 e. The fourth-order valence-electron chi connectivity index (χ4n) is 1.55. The van der Waals surface area contributed by atoms with Gasteiger partial charge in [0, 0.05) is 47.5 Å². The van der Waals surface area contributed by atoms with Gasteiger partial charge in [0.25, 0.3) is 0 Å². The monoisotopic (exact) mass is 311 g/mol. The third kappa shape index (κ3) is 3.87. The molecule has 2 aromatic rings. The van der Waals surface area contributed by atoms with Crippen molar-refractivity contribution in [3.05, 3.63) is 45.1 Å². The Hall–Kier alpha value is -0.780. The molecule has 0 aliphatic rings. The van der Waals surface area contributed by atoms with Gasteiger partial charge in [-0.05, 0) is 27.6 Å². The SMILES string of the molecule is CC(CNCc1cncc(Br)c1)c1nccs1. The molecule has 5 heteroatoms. The van der Waals surface area contributed by atoms with E-state index in [1.165, 1.54) is 10.6 Å². The zero-order valence-corrected chi connectivity index (χ0v) is 12.0. The van der Waals surface area contributed by atoms with Crippen LogP contribution in [0.5, 0.6) is 0 Å². The number of hydrogen-bond donors (Lipinski definition) is 1. The van der Waals surface area contributed by atoms with Gasteiger partial charge in [-0.25, -0.2) is 4.98 Å². The molecule has 0 amide bonds. The van der Waals surface area contributed by atoms with Crippen LogP contribution >= 0.6 is 27.3 Å². The highest BCUT2D eigenvalue weighted by Crippen LogP contribution is 2.16. The van der Waals surface area contributed by atoms with E-state index in [1.54, 1.807) is 17.5 Å². The first kappa shape index (κ1) is 12.7. The lowest BCUT2D eigenvalue weighted by atomic mass is 10.2. The number of nitrogens with one attached hydrogen (secondary N) is 1. The van der Waals surface area contributed by atoms with Crippen molar-refractivity contribution in [1.82, 2.24) is 15.3 Å². The van der Waals surface area contributed by atoms with Gasteiger partial charge >= 0.3 is 0 Å². The normalized spacial score (nSPS) is 12.6. The number of rotatable bonds is 5. The van der Waals surface area contributed by atoms with Gasteiger partial charge in [-0.2, -0.15) is 0 Å². The van der Waals surface area contributed by atoms with E-state index in [0.717, 1.165) is 17.6 Å². The number of aromatic nitrogens is 2. The standard InChI is InChI=1S/C12H14BrN3S/c1-9(12-16-2-3-17-12)5-14-6-10-4-11(13)8-15-7-10/h2-4,7-9,14H,5-6H2,1H3. The van der Waals surface area contributed by atoms with Gasteiger partial charge in [0.15, 0.2) is 0 Å². The van der Waals surface area contributed by atoms with Crippen LogP contribution in [0.1, 0.15) is 23.4 Å². The Labute approximate surface area is 113 Å². The van der Waals surface area contributed by atoms with Crippen LogP contribution in [0, 0.1) is 0 Å². The first-order valence-electron chi connectivity index (χ1n) is 5.45. The van der Waals surface area contributed by atoms with E-state index in [4.69, 9.17) is 0 Å². The number of pyridine rings is 1. The van der Waals surface area contributed by atoms with E-state index in [0.29, 0.717) is 5.92 Å². The van der Waals surface area contributed by atoms with Gasteiger partial charge in [-0.3, -0.25) is 4.98 Å². The average molecular weight is 312 g/mol. The number of thiazole rings is 1. The molecule has 1 N–H and O–H groups in total. The number of nitrogens with zero attached hydrogens (tertiary/aromatic N) is 2. The molecule has 0 saturated heterocycles. The Bertz CT molecular complexity index is 459. The Balaban J connectivity index is 1.80. The summed E-state index contributed by atoms with van der Waals surface area (Å²) >= 11 is 5.12. The highest BCUT2D eigenvalue weighted by molar-refractivity contribution is 9.10. The molecule has 1 atom stereocenters. The molecule has 0 aliphatic heterocycles. The molecule has 0 aromatic carbocycles. The molecular weight excluding hydrogens is 298 g/mol. The van der Waals surface area contributed by atoms with Gasteiger partial charge in [0.05, 0.1) is 5.01 Å².